The number of rotatable bonds is 4. The van der Waals surface area contributed by atoms with Gasteiger partial charge in [-0.05, 0) is 30.4 Å². The maximum Gasteiger partial charge on any atom is 0.573 e. The second kappa shape index (κ2) is 5.92. The summed E-state index contributed by atoms with van der Waals surface area (Å²) in [5, 5.41) is 0. The molecule has 0 amide bonds. The zero-order chi connectivity index (χ0) is 14.6. The summed E-state index contributed by atoms with van der Waals surface area (Å²) in [5.41, 5.74) is 1.59. The molecule has 0 saturated heterocycles. The Balaban J connectivity index is 2.50. The standard InChI is InChI=1S/C14H8F3O2S/c15-14(16,17)19-13-8-4-2-6-11(13)10-5-1-3-7-12(10)18-9-20/h1-5,7-9H. The molecule has 0 bridgehead atoms. The number of benzene rings is 2. The lowest BCUT2D eigenvalue weighted by Gasteiger charge is -2.14. The van der Waals surface area contributed by atoms with Gasteiger partial charge in [-0.2, -0.15) is 0 Å². The highest BCUT2D eigenvalue weighted by Crippen LogP contribution is 2.37. The van der Waals surface area contributed by atoms with Crippen molar-refractivity contribution in [3.8, 4) is 22.6 Å². The smallest absolute Gasteiger partial charge is 0.453 e. The van der Waals surface area contributed by atoms with E-state index >= 15 is 0 Å². The van der Waals surface area contributed by atoms with Crippen molar-refractivity contribution in [1.82, 2.24) is 0 Å². The minimum Gasteiger partial charge on any atom is -0.453 e. The summed E-state index contributed by atoms with van der Waals surface area (Å²) in [7, 11) is 0. The quantitative estimate of drug-likeness (QED) is 0.780. The number of thiocarbonyl (C=S) groups is 1. The molecule has 2 nitrogen and oxygen atoms in total. The highest BCUT2D eigenvalue weighted by Gasteiger charge is 2.32. The summed E-state index contributed by atoms with van der Waals surface area (Å²) >= 11 is 4.60. The lowest BCUT2D eigenvalue weighted by Crippen LogP contribution is -2.17. The first-order chi connectivity index (χ1) is 9.51. The first-order valence-corrected chi connectivity index (χ1v) is 5.94. The molecule has 2 aromatic rings. The van der Waals surface area contributed by atoms with Crippen molar-refractivity contribution in [2.75, 3.05) is 0 Å². The van der Waals surface area contributed by atoms with Crippen LogP contribution in [0, 0.1) is 6.07 Å². The molecule has 0 aromatic heterocycles. The maximum atomic E-state index is 12.4. The van der Waals surface area contributed by atoms with Gasteiger partial charge in [-0.1, -0.05) is 30.3 Å². The van der Waals surface area contributed by atoms with Crippen LogP contribution in [0.25, 0.3) is 11.1 Å². The van der Waals surface area contributed by atoms with E-state index < -0.39 is 6.36 Å². The van der Waals surface area contributed by atoms with Crippen molar-refractivity contribution in [3.05, 3.63) is 48.5 Å². The fourth-order valence-electron chi connectivity index (χ4n) is 1.67. The molecule has 103 valence electrons. The van der Waals surface area contributed by atoms with Crippen LogP contribution in [0.3, 0.4) is 0 Å². The zero-order valence-electron chi connectivity index (χ0n) is 9.98. The Bertz CT molecular complexity index is 611. The minimum absolute atomic E-state index is 0.150. The summed E-state index contributed by atoms with van der Waals surface area (Å²) in [6, 6.07) is 13.4. The van der Waals surface area contributed by atoms with E-state index in [1.807, 2.05) is 0 Å². The Morgan fingerprint density at radius 3 is 2.45 bits per heavy atom. The average Bonchev–Trinajstić information content (AvgIpc) is 2.39. The van der Waals surface area contributed by atoms with E-state index in [9.17, 15) is 13.2 Å². The Morgan fingerprint density at radius 1 is 1.05 bits per heavy atom. The van der Waals surface area contributed by atoms with E-state index in [1.54, 1.807) is 24.3 Å². The van der Waals surface area contributed by atoms with Crippen LogP contribution >= 0.6 is 12.2 Å². The first kappa shape index (κ1) is 14.3. The Hall–Kier alpha value is -2.08. The number of alkyl halides is 3. The summed E-state index contributed by atoms with van der Waals surface area (Å²) in [5.74, 6) is -0.0163. The molecule has 0 heterocycles. The molecular formula is C14H8F3O2S. The zero-order valence-corrected chi connectivity index (χ0v) is 10.8. The Morgan fingerprint density at radius 2 is 1.75 bits per heavy atom. The Kier molecular flexibility index (Phi) is 4.24. The van der Waals surface area contributed by atoms with Crippen molar-refractivity contribution in [1.29, 1.82) is 0 Å². The van der Waals surface area contributed by atoms with Crippen molar-refractivity contribution < 1.29 is 22.6 Å². The van der Waals surface area contributed by atoms with Crippen LogP contribution < -0.4 is 9.47 Å². The molecule has 0 atom stereocenters. The van der Waals surface area contributed by atoms with Crippen molar-refractivity contribution in [2.24, 2.45) is 0 Å². The topological polar surface area (TPSA) is 18.5 Å². The highest BCUT2D eigenvalue weighted by atomic mass is 32.1. The maximum absolute atomic E-state index is 12.4. The van der Waals surface area contributed by atoms with E-state index in [0.29, 0.717) is 11.3 Å². The summed E-state index contributed by atoms with van der Waals surface area (Å²) in [6.45, 7) is 0. The van der Waals surface area contributed by atoms with Crippen LogP contribution in [0.1, 0.15) is 0 Å². The van der Waals surface area contributed by atoms with Gasteiger partial charge in [0.2, 0.25) is 0 Å². The highest BCUT2D eigenvalue weighted by molar-refractivity contribution is 7.78. The third-order valence-electron chi connectivity index (χ3n) is 2.38. The fraction of sp³-hybridized carbons (Fsp3) is 0.0714. The molecule has 20 heavy (non-hydrogen) atoms. The lowest BCUT2D eigenvalue weighted by atomic mass is 10.0. The average molecular weight is 297 g/mol. The van der Waals surface area contributed by atoms with E-state index in [4.69, 9.17) is 4.74 Å². The largest absolute Gasteiger partial charge is 0.573 e. The van der Waals surface area contributed by atoms with Crippen molar-refractivity contribution >= 4 is 17.8 Å². The number of para-hydroxylation sites is 1. The van der Waals surface area contributed by atoms with Gasteiger partial charge in [-0.25, -0.2) is 0 Å². The van der Waals surface area contributed by atoms with Crippen molar-refractivity contribution in [3.63, 3.8) is 0 Å². The molecule has 2 aromatic carbocycles. The van der Waals surface area contributed by atoms with Crippen LogP contribution in [-0.2, 0) is 0 Å². The van der Waals surface area contributed by atoms with Gasteiger partial charge in [0.1, 0.15) is 11.5 Å². The Labute approximate surface area is 118 Å². The number of ether oxygens (including phenoxy) is 2. The van der Waals surface area contributed by atoms with E-state index in [2.05, 4.69) is 23.0 Å². The fourth-order valence-corrected chi connectivity index (χ4v) is 1.77. The molecule has 2 rings (SSSR count). The van der Waals surface area contributed by atoms with Gasteiger partial charge in [-0.3, -0.25) is 0 Å². The second-order valence-corrected chi connectivity index (χ2v) is 3.86. The van der Waals surface area contributed by atoms with Crippen LogP contribution in [-0.4, -0.2) is 11.9 Å². The summed E-state index contributed by atoms with van der Waals surface area (Å²) < 4.78 is 46.3. The monoisotopic (exact) mass is 297 g/mol. The van der Waals surface area contributed by atoms with Crippen LogP contribution in [0.5, 0.6) is 11.5 Å². The second-order valence-electron chi connectivity index (χ2n) is 3.67. The number of halogens is 3. The first-order valence-electron chi connectivity index (χ1n) is 5.47. The van der Waals surface area contributed by atoms with Gasteiger partial charge >= 0.3 is 6.36 Å². The van der Waals surface area contributed by atoms with Crippen LogP contribution in [0.4, 0.5) is 13.2 Å². The molecule has 0 fully saturated rings. The predicted octanol–water partition coefficient (Wildman–Crippen LogP) is 4.39. The normalized spacial score (nSPS) is 10.9. The third-order valence-corrected chi connectivity index (χ3v) is 2.47. The summed E-state index contributed by atoms with van der Waals surface area (Å²) in [6.07, 6.45) is -4.77. The van der Waals surface area contributed by atoms with E-state index in [1.165, 1.54) is 18.2 Å². The van der Waals surface area contributed by atoms with Gasteiger partial charge in [0.15, 0.2) is 5.55 Å². The van der Waals surface area contributed by atoms with E-state index in [-0.39, 0.29) is 11.3 Å². The van der Waals surface area contributed by atoms with Gasteiger partial charge in [0.05, 0.1) is 0 Å². The molecule has 0 spiro atoms. The van der Waals surface area contributed by atoms with E-state index in [0.717, 1.165) is 5.55 Å². The number of hydrogen-bond acceptors (Lipinski definition) is 3. The van der Waals surface area contributed by atoms with Gasteiger partial charge in [-0.15, -0.1) is 13.2 Å². The minimum atomic E-state index is -4.77. The van der Waals surface area contributed by atoms with Crippen LogP contribution in [0.15, 0.2) is 42.5 Å². The lowest BCUT2D eigenvalue weighted by molar-refractivity contribution is -0.274. The molecular weight excluding hydrogens is 289 g/mol. The van der Waals surface area contributed by atoms with Crippen LogP contribution in [0.2, 0.25) is 0 Å². The number of hydrogen-bond donors (Lipinski definition) is 0. The molecule has 0 aliphatic rings. The van der Waals surface area contributed by atoms with Crippen molar-refractivity contribution in [2.45, 2.75) is 6.36 Å². The molecule has 6 heteroatoms. The molecule has 0 N–H and O–H groups in total. The molecule has 0 aliphatic heterocycles. The van der Waals surface area contributed by atoms with Gasteiger partial charge < -0.3 is 9.47 Å². The SMILES string of the molecule is FC(F)(F)Oc1ccc[c]c1-c1ccccc1OC=S. The third kappa shape index (κ3) is 3.48. The summed E-state index contributed by atoms with van der Waals surface area (Å²) in [4.78, 5) is 0. The molecule has 0 aliphatic carbocycles. The predicted molar refractivity (Wildman–Crippen MR) is 71.7 cm³/mol. The molecule has 0 unspecified atom stereocenters. The van der Waals surface area contributed by atoms with Gasteiger partial charge in [0, 0.05) is 11.1 Å². The molecule has 0 saturated carbocycles. The van der Waals surface area contributed by atoms with Gasteiger partial charge in [0.25, 0.3) is 0 Å². The molecule has 1 radical (unpaired) electrons.